The summed E-state index contributed by atoms with van der Waals surface area (Å²) in [5, 5.41) is 3.85. The molecule has 0 bridgehead atoms. The Balaban J connectivity index is 0.00000387. The largest absolute Gasteiger partial charge is 0.490 e. The maximum absolute atomic E-state index is 13.7. The summed E-state index contributed by atoms with van der Waals surface area (Å²) < 4.78 is 53.5. The lowest BCUT2D eigenvalue weighted by Crippen LogP contribution is -2.43. The van der Waals surface area contributed by atoms with Gasteiger partial charge in [0.25, 0.3) is 5.56 Å². The van der Waals surface area contributed by atoms with E-state index in [1.54, 1.807) is 20.2 Å². The van der Waals surface area contributed by atoms with E-state index in [4.69, 9.17) is 9.47 Å². The molecule has 13 heteroatoms. The van der Waals surface area contributed by atoms with E-state index < -0.39 is 21.4 Å². The number of piperidine rings is 1. The number of aryl methyl sites for hydroxylation is 1. The van der Waals surface area contributed by atoms with Crippen LogP contribution < -0.4 is 20.3 Å². The highest BCUT2D eigenvalue weighted by molar-refractivity contribution is 7.88. The van der Waals surface area contributed by atoms with Crippen LogP contribution in [0.3, 0.4) is 0 Å². The van der Waals surface area contributed by atoms with Crippen molar-refractivity contribution in [1.82, 2.24) is 18.8 Å². The molecule has 4 aromatic rings. The maximum atomic E-state index is 13.7. The fourth-order valence-corrected chi connectivity index (χ4v) is 6.21. The number of sulfonamides is 1. The zero-order chi connectivity index (χ0) is 28.3. The van der Waals surface area contributed by atoms with Crippen LogP contribution in [0, 0.1) is 5.82 Å². The number of nitrogens with zero attached hydrogens (tertiary/aromatic N) is 4. The lowest BCUT2D eigenvalue weighted by atomic mass is 10.1. The number of hydrogen-bond donors (Lipinski definition) is 1. The average Bonchev–Trinajstić information content (AvgIpc) is 2.94. The minimum atomic E-state index is -3.41. The minimum absolute atomic E-state index is 0. The van der Waals surface area contributed by atoms with Crippen LogP contribution in [0.15, 0.2) is 65.6 Å². The standard InChI is InChI=1S/C28H30FN5O5S.ClH/c1-3-38-24-16-21(29)9-10-23(24)39-25-15-20-17-30-28(32-26(20)33(2)27(25)35)31-22-11-13-34(14-12-22)40(36,37)18-19-7-5-4-6-8-19;/h4-10,15-17,22H,3,11-14,18H2,1-2H3,(H,30,31,32);1H. The Hall–Kier alpha value is -3.74. The van der Waals surface area contributed by atoms with E-state index in [9.17, 15) is 17.6 Å². The lowest BCUT2D eigenvalue weighted by molar-refractivity contribution is 0.318. The number of pyridine rings is 1. The summed E-state index contributed by atoms with van der Waals surface area (Å²) in [5.74, 6) is 0.286. The Labute approximate surface area is 243 Å². The van der Waals surface area contributed by atoms with Crippen LogP contribution >= 0.6 is 12.4 Å². The summed E-state index contributed by atoms with van der Waals surface area (Å²) in [6.45, 7) is 2.87. The van der Waals surface area contributed by atoms with Gasteiger partial charge in [-0.2, -0.15) is 4.98 Å². The molecule has 0 unspecified atom stereocenters. The maximum Gasteiger partial charge on any atom is 0.294 e. The number of benzene rings is 2. The molecule has 10 nitrogen and oxygen atoms in total. The van der Waals surface area contributed by atoms with Crippen molar-refractivity contribution in [1.29, 1.82) is 0 Å². The second-order valence-electron chi connectivity index (χ2n) is 9.53. The van der Waals surface area contributed by atoms with E-state index in [-0.39, 0.29) is 41.5 Å². The van der Waals surface area contributed by atoms with E-state index in [0.717, 1.165) is 5.56 Å². The molecular weight excluding hydrogens is 573 g/mol. The molecule has 1 fully saturated rings. The van der Waals surface area contributed by atoms with Crippen LogP contribution in [0.25, 0.3) is 11.0 Å². The predicted molar refractivity (Wildman–Crippen MR) is 157 cm³/mol. The number of fused-ring (bicyclic) bond motifs is 1. The van der Waals surface area contributed by atoms with Gasteiger partial charge in [-0.1, -0.05) is 30.3 Å². The van der Waals surface area contributed by atoms with Crippen molar-refractivity contribution in [2.75, 3.05) is 25.0 Å². The van der Waals surface area contributed by atoms with E-state index in [1.807, 2.05) is 30.3 Å². The topological polar surface area (TPSA) is 116 Å². The molecule has 2 aromatic carbocycles. The monoisotopic (exact) mass is 603 g/mol. The molecule has 0 spiro atoms. The van der Waals surface area contributed by atoms with Gasteiger partial charge in [0, 0.05) is 43.8 Å². The molecule has 0 saturated carbocycles. The highest BCUT2D eigenvalue weighted by Gasteiger charge is 2.28. The third-order valence-electron chi connectivity index (χ3n) is 6.71. The summed E-state index contributed by atoms with van der Waals surface area (Å²) in [5.41, 5.74) is 0.738. The van der Waals surface area contributed by atoms with Gasteiger partial charge in [-0.3, -0.25) is 9.36 Å². The lowest BCUT2D eigenvalue weighted by Gasteiger charge is -2.31. The molecular formula is C28H31ClFN5O5S. The van der Waals surface area contributed by atoms with Gasteiger partial charge in [-0.25, -0.2) is 22.1 Å². The molecule has 3 heterocycles. The quantitative estimate of drug-likeness (QED) is 0.298. The Bertz CT molecular complexity index is 1680. The summed E-state index contributed by atoms with van der Waals surface area (Å²) in [7, 11) is -1.83. The van der Waals surface area contributed by atoms with Gasteiger partial charge in [-0.05, 0) is 43.5 Å². The number of aromatic nitrogens is 3. The molecule has 0 atom stereocenters. The Morgan fingerprint density at radius 2 is 1.78 bits per heavy atom. The van der Waals surface area contributed by atoms with E-state index in [0.29, 0.717) is 49.5 Å². The first-order valence-corrected chi connectivity index (χ1v) is 14.6. The highest BCUT2D eigenvalue weighted by atomic mass is 35.5. The molecule has 1 aliphatic rings. The number of anilines is 1. The van der Waals surface area contributed by atoms with Crippen molar-refractivity contribution in [3.8, 4) is 17.2 Å². The summed E-state index contributed by atoms with van der Waals surface area (Å²) in [6, 6.07) is 14.5. The van der Waals surface area contributed by atoms with Crippen LogP contribution in [0.2, 0.25) is 0 Å². The number of nitrogens with one attached hydrogen (secondary N) is 1. The van der Waals surface area contributed by atoms with Crippen LogP contribution in [0.5, 0.6) is 17.2 Å². The van der Waals surface area contributed by atoms with Gasteiger partial charge >= 0.3 is 0 Å². The van der Waals surface area contributed by atoms with E-state index in [1.165, 1.54) is 33.1 Å². The Morgan fingerprint density at radius 3 is 2.49 bits per heavy atom. The van der Waals surface area contributed by atoms with Crippen LogP contribution in [-0.4, -0.2) is 53.0 Å². The Morgan fingerprint density at radius 1 is 1.05 bits per heavy atom. The van der Waals surface area contributed by atoms with Crippen LogP contribution in [0.4, 0.5) is 10.3 Å². The number of hydrogen-bond acceptors (Lipinski definition) is 8. The summed E-state index contributed by atoms with van der Waals surface area (Å²) in [4.78, 5) is 22.0. The molecule has 1 saturated heterocycles. The van der Waals surface area contributed by atoms with Crippen molar-refractivity contribution in [3.63, 3.8) is 0 Å². The first-order valence-electron chi connectivity index (χ1n) is 13.0. The number of halogens is 2. The van der Waals surface area contributed by atoms with Crippen molar-refractivity contribution >= 4 is 39.4 Å². The second kappa shape index (κ2) is 12.8. The molecule has 1 aliphatic heterocycles. The Kier molecular flexibility index (Phi) is 9.46. The van der Waals surface area contributed by atoms with Gasteiger partial charge in [0.1, 0.15) is 11.5 Å². The zero-order valence-electron chi connectivity index (χ0n) is 22.6. The first-order chi connectivity index (χ1) is 19.2. The van der Waals surface area contributed by atoms with E-state index in [2.05, 4.69) is 15.3 Å². The molecule has 0 aliphatic carbocycles. The first kappa shape index (κ1) is 30.2. The fraction of sp³-hybridized carbons (Fsp3) is 0.321. The van der Waals surface area contributed by atoms with Gasteiger partial charge in [0.05, 0.1) is 12.4 Å². The summed E-state index contributed by atoms with van der Waals surface area (Å²) >= 11 is 0. The molecule has 5 rings (SSSR count). The third kappa shape index (κ3) is 6.95. The smallest absolute Gasteiger partial charge is 0.294 e. The number of rotatable bonds is 9. The molecule has 2 aromatic heterocycles. The van der Waals surface area contributed by atoms with Gasteiger partial charge < -0.3 is 14.8 Å². The molecule has 0 radical (unpaired) electrons. The molecule has 1 N–H and O–H groups in total. The second-order valence-corrected chi connectivity index (χ2v) is 11.5. The van der Waals surface area contributed by atoms with Crippen molar-refractivity contribution < 1.29 is 22.3 Å². The minimum Gasteiger partial charge on any atom is -0.490 e. The van der Waals surface area contributed by atoms with Gasteiger partial charge in [0.2, 0.25) is 16.0 Å². The molecule has 0 amide bonds. The molecule has 218 valence electrons. The van der Waals surface area contributed by atoms with Crippen molar-refractivity contribution in [2.24, 2.45) is 7.05 Å². The third-order valence-corrected chi connectivity index (χ3v) is 8.56. The fourth-order valence-electron chi connectivity index (χ4n) is 4.65. The summed E-state index contributed by atoms with van der Waals surface area (Å²) in [6.07, 6.45) is 2.78. The van der Waals surface area contributed by atoms with Crippen molar-refractivity contribution in [3.05, 3.63) is 82.5 Å². The number of ether oxygens (including phenoxy) is 2. The van der Waals surface area contributed by atoms with Crippen LogP contribution in [-0.2, 0) is 22.8 Å². The average molecular weight is 604 g/mol. The SMILES string of the molecule is CCOc1cc(F)ccc1Oc1cc2cnc(NC3CCN(S(=O)(=O)Cc4ccccc4)CC3)nc2n(C)c1=O.Cl. The van der Waals surface area contributed by atoms with E-state index >= 15 is 0 Å². The van der Waals surface area contributed by atoms with Crippen LogP contribution in [0.1, 0.15) is 25.3 Å². The molecule has 41 heavy (non-hydrogen) atoms. The van der Waals surface area contributed by atoms with Gasteiger partial charge in [-0.15, -0.1) is 12.4 Å². The highest BCUT2D eigenvalue weighted by Crippen LogP contribution is 2.32. The van der Waals surface area contributed by atoms with Crippen molar-refractivity contribution in [2.45, 2.75) is 31.6 Å². The van der Waals surface area contributed by atoms with Gasteiger partial charge in [0.15, 0.2) is 17.2 Å². The predicted octanol–water partition coefficient (Wildman–Crippen LogP) is 4.49. The zero-order valence-corrected chi connectivity index (χ0v) is 24.3. The normalized spacial score (nSPS) is 14.4.